The van der Waals surface area contributed by atoms with Gasteiger partial charge in [0.2, 0.25) is 10.0 Å². The summed E-state index contributed by atoms with van der Waals surface area (Å²) in [6.45, 7) is 4.58. The van der Waals surface area contributed by atoms with Gasteiger partial charge in [0.1, 0.15) is 22.1 Å². The van der Waals surface area contributed by atoms with Crippen LogP contribution in [-0.2, 0) is 10.0 Å². The first kappa shape index (κ1) is 23.8. The van der Waals surface area contributed by atoms with E-state index in [9.17, 15) is 13.2 Å². The van der Waals surface area contributed by atoms with Crippen molar-refractivity contribution < 1.29 is 22.7 Å². The van der Waals surface area contributed by atoms with Crippen molar-refractivity contribution in [1.82, 2.24) is 29.6 Å². The molecule has 1 aliphatic rings. The Labute approximate surface area is 198 Å². The molecule has 0 radical (unpaired) electrons. The molecule has 1 saturated heterocycles. The second-order valence-corrected chi connectivity index (χ2v) is 9.92. The third-order valence-electron chi connectivity index (χ3n) is 5.89. The molecule has 3 heterocycles. The molecule has 1 aliphatic heterocycles. The molecule has 4 rings (SSSR count). The number of amides is 1. The van der Waals surface area contributed by atoms with Crippen molar-refractivity contribution in [2.24, 2.45) is 0 Å². The summed E-state index contributed by atoms with van der Waals surface area (Å²) in [5, 5.41) is 13.8. The van der Waals surface area contributed by atoms with Gasteiger partial charge in [0.05, 0.1) is 31.3 Å². The predicted octanol–water partition coefficient (Wildman–Crippen LogP) is 1.97. The first-order valence-electron chi connectivity index (χ1n) is 10.8. The van der Waals surface area contributed by atoms with Crippen LogP contribution < -0.4 is 9.47 Å². The molecule has 34 heavy (non-hydrogen) atoms. The molecule has 1 amide bonds. The largest absolute Gasteiger partial charge is 0.497 e. The number of aromatic nitrogens is 4. The van der Waals surface area contributed by atoms with Crippen molar-refractivity contribution in [3.8, 4) is 22.8 Å². The van der Waals surface area contributed by atoms with Crippen molar-refractivity contribution in [3.63, 3.8) is 0 Å². The summed E-state index contributed by atoms with van der Waals surface area (Å²) >= 11 is 0. The van der Waals surface area contributed by atoms with E-state index in [4.69, 9.17) is 9.47 Å². The molecule has 1 fully saturated rings. The van der Waals surface area contributed by atoms with Crippen molar-refractivity contribution in [1.29, 1.82) is 0 Å². The van der Waals surface area contributed by atoms with Crippen LogP contribution in [0.1, 0.15) is 28.3 Å². The summed E-state index contributed by atoms with van der Waals surface area (Å²) < 4.78 is 38.5. The molecule has 0 spiro atoms. The molecule has 3 aromatic rings. The minimum atomic E-state index is -3.71. The van der Waals surface area contributed by atoms with Crippen molar-refractivity contribution in [3.05, 3.63) is 41.3 Å². The fourth-order valence-electron chi connectivity index (χ4n) is 4.14. The molecule has 0 aliphatic carbocycles. The molecule has 11 nitrogen and oxygen atoms in total. The predicted molar refractivity (Wildman–Crippen MR) is 124 cm³/mol. The lowest BCUT2D eigenvalue weighted by Gasteiger charge is -2.21. The highest BCUT2D eigenvalue weighted by molar-refractivity contribution is 7.89. The van der Waals surface area contributed by atoms with Gasteiger partial charge in [0, 0.05) is 31.7 Å². The average Bonchev–Trinajstić information content (AvgIpc) is 3.36. The van der Waals surface area contributed by atoms with Gasteiger partial charge >= 0.3 is 0 Å². The van der Waals surface area contributed by atoms with Crippen molar-refractivity contribution in [2.45, 2.75) is 25.2 Å². The zero-order valence-corrected chi connectivity index (χ0v) is 20.4. The number of nitrogens with one attached hydrogen (secondary N) is 2. The van der Waals surface area contributed by atoms with Crippen LogP contribution in [0, 0.1) is 13.8 Å². The van der Waals surface area contributed by atoms with E-state index in [0.717, 1.165) is 0 Å². The lowest BCUT2D eigenvalue weighted by atomic mass is 10.1. The topological polar surface area (TPSA) is 134 Å². The number of hydrogen-bond donors (Lipinski definition) is 2. The number of ether oxygens (including phenoxy) is 2. The Bertz CT molecular complexity index is 1280. The van der Waals surface area contributed by atoms with Crippen LogP contribution in [0.5, 0.6) is 11.5 Å². The van der Waals surface area contributed by atoms with E-state index >= 15 is 0 Å². The Morgan fingerprint density at radius 1 is 1.00 bits per heavy atom. The van der Waals surface area contributed by atoms with Crippen LogP contribution in [0.4, 0.5) is 0 Å². The second kappa shape index (κ2) is 9.47. The third kappa shape index (κ3) is 4.38. The highest BCUT2D eigenvalue weighted by Gasteiger charge is 2.32. The molecule has 2 N–H and O–H groups in total. The van der Waals surface area contributed by atoms with E-state index < -0.39 is 10.0 Å². The van der Waals surface area contributed by atoms with E-state index in [-0.39, 0.29) is 23.9 Å². The van der Waals surface area contributed by atoms with Gasteiger partial charge in [-0.15, -0.1) is 0 Å². The number of rotatable bonds is 6. The number of methoxy groups -OCH3 is 2. The van der Waals surface area contributed by atoms with E-state index in [2.05, 4.69) is 20.4 Å². The highest BCUT2D eigenvalue weighted by atomic mass is 32.2. The summed E-state index contributed by atoms with van der Waals surface area (Å²) in [4.78, 5) is 15.0. The zero-order chi connectivity index (χ0) is 24.5. The number of benzene rings is 1. The maximum atomic E-state index is 13.2. The van der Waals surface area contributed by atoms with Crippen molar-refractivity contribution >= 4 is 15.9 Å². The van der Waals surface area contributed by atoms with E-state index in [1.807, 2.05) is 0 Å². The number of hydrogen-bond acceptors (Lipinski definition) is 7. The zero-order valence-electron chi connectivity index (χ0n) is 19.6. The molecule has 182 valence electrons. The van der Waals surface area contributed by atoms with Gasteiger partial charge in [0.25, 0.3) is 5.91 Å². The Hall–Kier alpha value is -3.38. The van der Waals surface area contributed by atoms with Gasteiger partial charge in [-0.3, -0.25) is 15.0 Å². The normalized spacial score (nSPS) is 15.2. The SMILES string of the molecule is COc1ccc(OC)c(-c2cc(C(=O)N3CCCN(S(=O)(=O)c4c(C)n[nH]c4C)CC3)[nH]n2)c1. The smallest absolute Gasteiger partial charge is 0.271 e. The molecular weight excluding hydrogens is 460 g/mol. The van der Waals surface area contributed by atoms with E-state index in [0.29, 0.717) is 59.3 Å². The summed E-state index contributed by atoms with van der Waals surface area (Å²) in [5.41, 5.74) is 2.50. The Balaban J connectivity index is 1.51. The molecule has 2 aromatic heterocycles. The highest BCUT2D eigenvalue weighted by Crippen LogP contribution is 2.32. The van der Waals surface area contributed by atoms with Crippen molar-refractivity contribution in [2.75, 3.05) is 40.4 Å². The molecule has 0 saturated carbocycles. The van der Waals surface area contributed by atoms with E-state index in [1.54, 1.807) is 57.2 Å². The standard InChI is InChI=1S/C22H28N6O5S/c1-14-21(15(2)24-23-14)34(30,31)28-9-5-8-27(10-11-28)22(29)19-13-18(25-26-19)17-12-16(32-3)6-7-20(17)33-4/h6-7,12-13H,5,8-11H2,1-4H3,(H,23,24)(H,25,26). The summed E-state index contributed by atoms with van der Waals surface area (Å²) in [6.07, 6.45) is 0.519. The van der Waals surface area contributed by atoms with Gasteiger partial charge in [-0.2, -0.15) is 14.5 Å². The number of carbonyl (C=O) groups excluding carboxylic acids is 1. The fraction of sp³-hybridized carbons (Fsp3) is 0.409. The number of nitrogens with zero attached hydrogens (tertiary/aromatic N) is 4. The van der Waals surface area contributed by atoms with Gasteiger partial charge in [-0.05, 0) is 44.5 Å². The summed E-state index contributed by atoms with van der Waals surface area (Å²) in [6, 6.07) is 7.01. The van der Waals surface area contributed by atoms with Gasteiger partial charge < -0.3 is 14.4 Å². The summed E-state index contributed by atoms with van der Waals surface area (Å²) in [5.74, 6) is 1.01. The maximum Gasteiger partial charge on any atom is 0.271 e. The lowest BCUT2D eigenvalue weighted by Crippen LogP contribution is -2.37. The molecule has 1 aromatic carbocycles. The van der Waals surface area contributed by atoms with Crippen LogP contribution >= 0.6 is 0 Å². The Morgan fingerprint density at radius 3 is 2.47 bits per heavy atom. The quantitative estimate of drug-likeness (QED) is 0.542. The van der Waals surface area contributed by atoms with Gasteiger partial charge in [0.15, 0.2) is 0 Å². The molecule has 0 bridgehead atoms. The molecule has 0 unspecified atom stereocenters. The molecular formula is C22H28N6O5S. The molecule has 0 atom stereocenters. The third-order valence-corrected chi connectivity index (χ3v) is 8.05. The average molecular weight is 489 g/mol. The van der Waals surface area contributed by atoms with Crippen LogP contribution in [-0.4, -0.2) is 84.3 Å². The van der Waals surface area contributed by atoms with Gasteiger partial charge in [-0.25, -0.2) is 8.42 Å². The Morgan fingerprint density at radius 2 is 1.79 bits per heavy atom. The minimum absolute atomic E-state index is 0.197. The fourth-order valence-corrected chi connectivity index (χ4v) is 5.94. The first-order valence-corrected chi connectivity index (χ1v) is 12.3. The van der Waals surface area contributed by atoms with E-state index in [1.165, 1.54) is 4.31 Å². The number of aryl methyl sites for hydroxylation is 2. The molecule has 12 heteroatoms. The van der Waals surface area contributed by atoms with Crippen LogP contribution in [0.2, 0.25) is 0 Å². The van der Waals surface area contributed by atoms with Crippen LogP contribution in [0.25, 0.3) is 11.3 Å². The first-order chi connectivity index (χ1) is 16.3. The number of carbonyl (C=O) groups is 1. The number of aromatic amines is 2. The summed E-state index contributed by atoms with van der Waals surface area (Å²) in [7, 11) is -0.572. The van der Waals surface area contributed by atoms with Crippen LogP contribution in [0.3, 0.4) is 0 Å². The second-order valence-electron chi connectivity index (χ2n) is 8.05. The minimum Gasteiger partial charge on any atom is -0.497 e. The Kier molecular flexibility index (Phi) is 6.62. The van der Waals surface area contributed by atoms with Gasteiger partial charge in [-0.1, -0.05) is 0 Å². The number of H-pyrrole nitrogens is 2. The number of sulfonamides is 1. The van der Waals surface area contributed by atoms with Crippen LogP contribution in [0.15, 0.2) is 29.2 Å². The monoisotopic (exact) mass is 488 g/mol. The lowest BCUT2D eigenvalue weighted by molar-refractivity contribution is 0.0758. The maximum absolute atomic E-state index is 13.2.